The molecule has 0 spiro atoms. The fraction of sp³-hybridized carbons (Fsp3) is 0.250. The molecule has 0 aliphatic carbocycles. The van der Waals surface area contributed by atoms with Gasteiger partial charge >= 0.3 is 5.97 Å². The highest BCUT2D eigenvalue weighted by Gasteiger charge is 2.25. The van der Waals surface area contributed by atoms with Crippen molar-refractivity contribution in [3.05, 3.63) is 35.4 Å². The molecule has 1 heterocycles. The maximum atomic E-state index is 12.4. The molecule has 5 heteroatoms. The van der Waals surface area contributed by atoms with Crippen molar-refractivity contribution in [1.29, 1.82) is 0 Å². The lowest BCUT2D eigenvalue weighted by molar-refractivity contribution is -0.136. The van der Waals surface area contributed by atoms with Crippen LogP contribution in [0.3, 0.4) is 0 Å². The van der Waals surface area contributed by atoms with Gasteiger partial charge in [-0.05, 0) is 6.07 Å². The van der Waals surface area contributed by atoms with E-state index in [0.717, 1.165) is 10.5 Å². The van der Waals surface area contributed by atoms with Crippen LogP contribution in [0, 0.1) is 0 Å². The van der Waals surface area contributed by atoms with Crippen LogP contribution in [-0.4, -0.2) is 25.7 Å². The van der Waals surface area contributed by atoms with E-state index in [4.69, 9.17) is 4.74 Å². The number of carbonyl (C=O) groups is 1. The first-order valence-corrected chi connectivity index (χ1v) is 5.99. The van der Waals surface area contributed by atoms with Crippen molar-refractivity contribution in [2.24, 2.45) is 0 Å². The summed E-state index contributed by atoms with van der Waals surface area (Å²) in [6.07, 6.45) is 0. The molecular weight excluding hydrogens is 243 g/mol. The highest BCUT2D eigenvalue weighted by atomic mass is 32.2. The van der Waals surface area contributed by atoms with Crippen molar-refractivity contribution in [3.63, 3.8) is 0 Å². The fourth-order valence-corrected chi connectivity index (χ4v) is 2.69. The van der Waals surface area contributed by atoms with Gasteiger partial charge in [0.25, 0.3) is 0 Å². The molecule has 0 radical (unpaired) electrons. The number of ether oxygens (including phenoxy) is 2. The molecule has 17 heavy (non-hydrogen) atoms. The SMILES string of the molecule is COC(=O)C1=C(OCF)c2ccccc2SC1. The lowest BCUT2D eigenvalue weighted by Crippen LogP contribution is -2.14. The second-order valence-corrected chi connectivity index (χ2v) is 4.35. The Morgan fingerprint density at radius 2 is 2.24 bits per heavy atom. The third kappa shape index (κ3) is 2.29. The summed E-state index contributed by atoms with van der Waals surface area (Å²) in [5.41, 5.74) is 1.11. The summed E-state index contributed by atoms with van der Waals surface area (Å²) in [5, 5.41) is 0. The zero-order valence-corrected chi connectivity index (χ0v) is 10.1. The van der Waals surface area contributed by atoms with E-state index in [9.17, 15) is 9.18 Å². The molecule has 1 aromatic rings. The molecule has 0 fully saturated rings. The second-order valence-electron chi connectivity index (χ2n) is 3.34. The van der Waals surface area contributed by atoms with E-state index in [1.807, 2.05) is 18.2 Å². The van der Waals surface area contributed by atoms with E-state index in [1.54, 1.807) is 6.07 Å². The monoisotopic (exact) mass is 254 g/mol. The van der Waals surface area contributed by atoms with Crippen LogP contribution < -0.4 is 0 Å². The number of fused-ring (bicyclic) bond motifs is 1. The van der Waals surface area contributed by atoms with Crippen molar-refractivity contribution >= 4 is 23.5 Å². The predicted molar refractivity (Wildman–Crippen MR) is 63.2 cm³/mol. The molecule has 0 aromatic heterocycles. The summed E-state index contributed by atoms with van der Waals surface area (Å²) < 4.78 is 22.0. The summed E-state index contributed by atoms with van der Waals surface area (Å²) in [6.45, 7) is -0.963. The Morgan fingerprint density at radius 1 is 1.47 bits per heavy atom. The molecule has 3 nitrogen and oxygen atoms in total. The Kier molecular flexibility index (Phi) is 3.68. The highest BCUT2D eigenvalue weighted by Crippen LogP contribution is 2.37. The predicted octanol–water partition coefficient (Wildman–Crippen LogP) is 2.62. The molecule has 1 aromatic carbocycles. The lowest BCUT2D eigenvalue weighted by Gasteiger charge is -2.20. The molecule has 0 amide bonds. The molecular formula is C12H11FO3S. The van der Waals surface area contributed by atoms with E-state index in [2.05, 4.69) is 4.74 Å². The normalized spacial score (nSPS) is 14.2. The molecule has 0 saturated heterocycles. The van der Waals surface area contributed by atoms with Gasteiger partial charge < -0.3 is 9.47 Å². The fourth-order valence-electron chi connectivity index (χ4n) is 1.65. The van der Waals surface area contributed by atoms with Gasteiger partial charge in [-0.1, -0.05) is 18.2 Å². The van der Waals surface area contributed by atoms with Gasteiger partial charge in [-0.2, -0.15) is 0 Å². The van der Waals surface area contributed by atoms with Crippen molar-refractivity contribution in [2.75, 3.05) is 19.7 Å². The van der Waals surface area contributed by atoms with Gasteiger partial charge in [0.15, 0.2) is 0 Å². The summed E-state index contributed by atoms with van der Waals surface area (Å²) in [6, 6.07) is 7.42. The van der Waals surface area contributed by atoms with Gasteiger partial charge in [0.2, 0.25) is 6.86 Å². The number of methoxy groups -OCH3 is 1. The average molecular weight is 254 g/mol. The number of benzene rings is 1. The van der Waals surface area contributed by atoms with Crippen LogP contribution in [0.1, 0.15) is 5.56 Å². The Bertz CT molecular complexity index is 471. The summed E-state index contributed by atoms with van der Waals surface area (Å²) >= 11 is 1.51. The van der Waals surface area contributed by atoms with Gasteiger partial charge in [-0.15, -0.1) is 11.8 Å². The highest BCUT2D eigenvalue weighted by molar-refractivity contribution is 7.99. The number of thioether (sulfide) groups is 1. The maximum Gasteiger partial charge on any atom is 0.338 e. The molecule has 0 N–H and O–H groups in total. The third-order valence-corrected chi connectivity index (χ3v) is 3.51. The summed E-state index contributed by atoms with van der Waals surface area (Å²) in [4.78, 5) is 12.5. The summed E-state index contributed by atoms with van der Waals surface area (Å²) in [7, 11) is 1.30. The quantitative estimate of drug-likeness (QED) is 0.777. The standard InChI is InChI=1S/C12H11FO3S/c1-15-12(14)9-6-17-10-5-3-2-4-8(10)11(9)16-7-13/h2-5H,6-7H2,1H3. The van der Waals surface area contributed by atoms with E-state index < -0.39 is 12.8 Å². The van der Waals surface area contributed by atoms with Crippen LogP contribution in [0.25, 0.3) is 5.76 Å². The first-order chi connectivity index (χ1) is 8.27. The zero-order valence-electron chi connectivity index (χ0n) is 9.23. The Hall–Kier alpha value is -1.49. The van der Waals surface area contributed by atoms with Crippen LogP contribution in [-0.2, 0) is 14.3 Å². The van der Waals surface area contributed by atoms with E-state index in [0.29, 0.717) is 11.3 Å². The van der Waals surface area contributed by atoms with Crippen LogP contribution in [0.4, 0.5) is 4.39 Å². The number of hydrogen-bond donors (Lipinski definition) is 0. The lowest BCUT2D eigenvalue weighted by atomic mass is 10.1. The zero-order chi connectivity index (χ0) is 12.3. The number of carbonyl (C=O) groups excluding carboxylic acids is 1. The smallest absolute Gasteiger partial charge is 0.338 e. The number of esters is 1. The van der Waals surface area contributed by atoms with Crippen LogP contribution in [0.5, 0.6) is 0 Å². The Balaban J connectivity index is 2.50. The van der Waals surface area contributed by atoms with Crippen molar-refractivity contribution < 1.29 is 18.7 Å². The minimum atomic E-state index is -0.963. The topological polar surface area (TPSA) is 35.5 Å². The molecule has 0 bridgehead atoms. The maximum absolute atomic E-state index is 12.4. The van der Waals surface area contributed by atoms with E-state index >= 15 is 0 Å². The van der Waals surface area contributed by atoms with Gasteiger partial charge in [0, 0.05) is 16.2 Å². The number of halogens is 1. The van der Waals surface area contributed by atoms with Crippen molar-refractivity contribution in [1.82, 2.24) is 0 Å². The van der Waals surface area contributed by atoms with E-state index in [-0.39, 0.29) is 5.76 Å². The third-order valence-electron chi connectivity index (χ3n) is 2.41. The number of hydrogen-bond acceptors (Lipinski definition) is 4. The van der Waals surface area contributed by atoms with Crippen LogP contribution >= 0.6 is 11.8 Å². The minimum absolute atomic E-state index is 0.286. The molecule has 0 saturated carbocycles. The first-order valence-electron chi connectivity index (χ1n) is 5.00. The van der Waals surface area contributed by atoms with Gasteiger partial charge in [-0.25, -0.2) is 9.18 Å². The number of alkyl halides is 1. The molecule has 0 atom stereocenters. The van der Waals surface area contributed by atoms with Gasteiger partial charge in [0.1, 0.15) is 5.76 Å². The molecule has 0 unspecified atom stereocenters. The van der Waals surface area contributed by atoms with Gasteiger partial charge in [0.05, 0.1) is 12.7 Å². The van der Waals surface area contributed by atoms with E-state index in [1.165, 1.54) is 18.9 Å². The number of rotatable bonds is 3. The van der Waals surface area contributed by atoms with Gasteiger partial charge in [-0.3, -0.25) is 0 Å². The molecule has 90 valence electrons. The summed E-state index contributed by atoms with van der Waals surface area (Å²) in [5.74, 6) is 0.239. The minimum Gasteiger partial charge on any atom is -0.466 e. The van der Waals surface area contributed by atoms with Crippen LogP contribution in [0.2, 0.25) is 0 Å². The first kappa shape index (κ1) is 12.0. The average Bonchev–Trinajstić information content (AvgIpc) is 2.38. The Morgan fingerprint density at radius 3 is 2.94 bits per heavy atom. The van der Waals surface area contributed by atoms with Crippen molar-refractivity contribution in [3.8, 4) is 0 Å². The molecule has 1 aliphatic rings. The van der Waals surface area contributed by atoms with Crippen LogP contribution in [0.15, 0.2) is 34.7 Å². The largest absolute Gasteiger partial charge is 0.466 e. The van der Waals surface area contributed by atoms with Crippen molar-refractivity contribution in [2.45, 2.75) is 4.90 Å². The second kappa shape index (κ2) is 5.23. The molecule has 1 aliphatic heterocycles. The Labute approximate surface area is 103 Å². The molecule has 2 rings (SSSR count).